The van der Waals surface area contributed by atoms with Gasteiger partial charge in [-0.1, -0.05) is 51.8 Å². The number of aliphatic hydroxyl groups is 1. The van der Waals surface area contributed by atoms with Crippen molar-refractivity contribution in [3.63, 3.8) is 0 Å². The maximum absolute atomic E-state index is 10.6. The Balaban J connectivity index is 2.18. The molecule has 0 saturated heterocycles. The van der Waals surface area contributed by atoms with Crippen LogP contribution in [0.25, 0.3) is 0 Å². The van der Waals surface area contributed by atoms with E-state index in [1.54, 1.807) is 0 Å². The van der Waals surface area contributed by atoms with Gasteiger partial charge in [0.1, 0.15) is 0 Å². The van der Waals surface area contributed by atoms with E-state index in [1.807, 2.05) is 23.9 Å². The second-order valence-corrected chi connectivity index (χ2v) is 8.68. The van der Waals surface area contributed by atoms with E-state index in [0.29, 0.717) is 5.92 Å². The van der Waals surface area contributed by atoms with E-state index in [0.717, 1.165) is 18.4 Å². The summed E-state index contributed by atoms with van der Waals surface area (Å²) in [6, 6.07) is 7.97. The number of benzene rings is 1. The number of hydrogen-bond acceptors (Lipinski definition) is 3. The molecule has 0 heterocycles. The first-order valence-corrected chi connectivity index (χ1v) is 8.42. The van der Waals surface area contributed by atoms with Gasteiger partial charge in [0.2, 0.25) is 0 Å². The molecular formula is C17H27NOS. The molecule has 0 amide bonds. The lowest BCUT2D eigenvalue weighted by molar-refractivity contribution is 0.0837. The van der Waals surface area contributed by atoms with E-state index in [9.17, 15) is 5.11 Å². The van der Waals surface area contributed by atoms with E-state index in [-0.39, 0.29) is 10.8 Å². The molecule has 3 heteroatoms. The number of nitrogens with two attached hydrogens (primary N) is 1. The van der Waals surface area contributed by atoms with Crippen molar-refractivity contribution >= 4 is 11.8 Å². The maximum Gasteiger partial charge on any atom is 0.0761 e. The van der Waals surface area contributed by atoms with Crippen LogP contribution < -0.4 is 5.73 Å². The highest BCUT2D eigenvalue weighted by molar-refractivity contribution is 8.00. The first kappa shape index (κ1) is 15.9. The van der Waals surface area contributed by atoms with Gasteiger partial charge in [-0.25, -0.2) is 0 Å². The van der Waals surface area contributed by atoms with Crippen LogP contribution in [0.15, 0.2) is 29.2 Å². The summed E-state index contributed by atoms with van der Waals surface area (Å²) >= 11 is 1.82. The van der Waals surface area contributed by atoms with Crippen molar-refractivity contribution < 1.29 is 5.11 Å². The third kappa shape index (κ3) is 4.00. The Morgan fingerprint density at radius 1 is 1.20 bits per heavy atom. The number of aliphatic hydroxyl groups excluding tert-OH is 1. The van der Waals surface area contributed by atoms with Gasteiger partial charge in [-0.2, -0.15) is 0 Å². The summed E-state index contributed by atoms with van der Waals surface area (Å²) in [7, 11) is 0. The number of rotatable bonds is 4. The fourth-order valence-corrected chi connectivity index (χ4v) is 4.08. The summed E-state index contributed by atoms with van der Waals surface area (Å²) in [6.45, 7) is 6.61. The third-order valence-corrected chi connectivity index (χ3v) is 5.15. The summed E-state index contributed by atoms with van der Waals surface area (Å²) in [4.78, 5) is 1.20. The highest BCUT2D eigenvalue weighted by atomic mass is 32.2. The molecule has 20 heavy (non-hydrogen) atoms. The summed E-state index contributed by atoms with van der Waals surface area (Å²) in [6.07, 6.45) is 4.27. The average molecular weight is 293 g/mol. The van der Waals surface area contributed by atoms with E-state index in [2.05, 4.69) is 32.9 Å². The van der Waals surface area contributed by atoms with Crippen molar-refractivity contribution in [1.29, 1.82) is 0 Å². The number of hydrogen-bond donors (Lipinski definition) is 2. The Morgan fingerprint density at radius 3 is 2.40 bits per heavy atom. The van der Waals surface area contributed by atoms with E-state index in [4.69, 9.17) is 5.73 Å². The zero-order valence-corrected chi connectivity index (χ0v) is 13.6. The van der Waals surface area contributed by atoms with Gasteiger partial charge in [-0.05, 0) is 30.4 Å². The SMILES string of the molecule is CC(C)(C)Sc1ccccc1[C@@H](N)[C@@H](O)C1CCCC1. The molecule has 1 aliphatic rings. The quantitative estimate of drug-likeness (QED) is 0.821. The second kappa shape index (κ2) is 6.50. The first-order chi connectivity index (χ1) is 9.38. The van der Waals surface area contributed by atoms with Crippen LogP contribution in [-0.4, -0.2) is 16.0 Å². The Hall–Kier alpha value is -0.510. The highest BCUT2D eigenvalue weighted by Gasteiger charge is 2.30. The topological polar surface area (TPSA) is 46.2 Å². The van der Waals surface area contributed by atoms with Crippen LogP contribution in [-0.2, 0) is 0 Å². The van der Waals surface area contributed by atoms with Crippen molar-refractivity contribution in [1.82, 2.24) is 0 Å². The molecule has 0 bridgehead atoms. The van der Waals surface area contributed by atoms with Crippen molar-refractivity contribution in [3.8, 4) is 0 Å². The van der Waals surface area contributed by atoms with Crippen molar-refractivity contribution in [2.45, 2.75) is 68.2 Å². The van der Waals surface area contributed by atoms with Crippen LogP contribution in [0.2, 0.25) is 0 Å². The van der Waals surface area contributed by atoms with Crippen molar-refractivity contribution in [2.75, 3.05) is 0 Å². The molecule has 1 aromatic carbocycles. The molecule has 3 N–H and O–H groups in total. The molecule has 2 nitrogen and oxygen atoms in total. The molecule has 2 rings (SSSR count). The molecule has 0 aliphatic heterocycles. The van der Waals surface area contributed by atoms with E-state index < -0.39 is 6.10 Å². The Morgan fingerprint density at radius 2 is 1.80 bits per heavy atom. The first-order valence-electron chi connectivity index (χ1n) is 7.60. The Kier molecular flexibility index (Phi) is 5.16. The van der Waals surface area contributed by atoms with Gasteiger partial charge in [0.25, 0.3) is 0 Å². The van der Waals surface area contributed by atoms with Crippen molar-refractivity contribution in [3.05, 3.63) is 29.8 Å². The van der Waals surface area contributed by atoms with Gasteiger partial charge in [0, 0.05) is 9.64 Å². The molecular weight excluding hydrogens is 266 g/mol. The second-order valence-electron chi connectivity index (χ2n) is 6.81. The average Bonchev–Trinajstić information content (AvgIpc) is 2.89. The van der Waals surface area contributed by atoms with E-state index >= 15 is 0 Å². The lowest BCUT2D eigenvalue weighted by Gasteiger charge is -2.28. The highest BCUT2D eigenvalue weighted by Crippen LogP contribution is 2.39. The van der Waals surface area contributed by atoms with Gasteiger partial charge < -0.3 is 10.8 Å². The molecule has 1 aromatic rings. The van der Waals surface area contributed by atoms with E-state index in [1.165, 1.54) is 17.7 Å². The third-order valence-electron chi connectivity index (χ3n) is 3.95. The predicted octanol–water partition coefficient (Wildman–Crippen LogP) is 4.13. The normalized spacial score (nSPS) is 20.1. The summed E-state index contributed by atoms with van der Waals surface area (Å²) in [5, 5.41) is 10.6. The zero-order valence-electron chi connectivity index (χ0n) is 12.8. The monoisotopic (exact) mass is 293 g/mol. The Bertz CT molecular complexity index is 435. The summed E-state index contributed by atoms with van der Waals surface area (Å²) < 4.78 is 0.147. The summed E-state index contributed by atoms with van der Waals surface area (Å²) in [5.74, 6) is 0.373. The molecule has 1 fully saturated rings. The maximum atomic E-state index is 10.6. The molecule has 1 saturated carbocycles. The van der Waals surface area contributed by atoms with Crippen LogP contribution in [0.1, 0.15) is 58.1 Å². The van der Waals surface area contributed by atoms with Crippen molar-refractivity contribution in [2.24, 2.45) is 11.7 Å². The molecule has 2 atom stereocenters. The minimum atomic E-state index is -0.417. The van der Waals surface area contributed by atoms with Crippen LogP contribution in [0.4, 0.5) is 0 Å². The number of thioether (sulfide) groups is 1. The van der Waals surface area contributed by atoms with Gasteiger partial charge in [0.05, 0.1) is 12.1 Å². The van der Waals surface area contributed by atoms with Crippen LogP contribution in [0.5, 0.6) is 0 Å². The smallest absolute Gasteiger partial charge is 0.0761 e. The van der Waals surface area contributed by atoms with Gasteiger partial charge in [-0.15, -0.1) is 11.8 Å². The fourth-order valence-electron chi connectivity index (χ4n) is 2.95. The summed E-state index contributed by atoms with van der Waals surface area (Å²) in [5.41, 5.74) is 7.46. The van der Waals surface area contributed by atoms with Gasteiger partial charge >= 0.3 is 0 Å². The molecule has 1 aliphatic carbocycles. The minimum absolute atomic E-state index is 0.147. The molecule has 0 aromatic heterocycles. The van der Waals surface area contributed by atoms with Crippen LogP contribution in [0, 0.1) is 5.92 Å². The zero-order chi connectivity index (χ0) is 14.8. The minimum Gasteiger partial charge on any atom is -0.391 e. The van der Waals surface area contributed by atoms with Gasteiger partial charge in [-0.3, -0.25) is 0 Å². The largest absolute Gasteiger partial charge is 0.391 e. The molecule has 0 radical (unpaired) electrons. The lowest BCUT2D eigenvalue weighted by Crippen LogP contribution is -2.32. The van der Waals surface area contributed by atoms with Crippen LogP contribution >= 0.6 is 11.8 Å². The Labute approximate surface area is 127 Å². The molecule has 0 spiro atoms. The molecule has 112 valence electrons. The lowest BCUT2D eigenvalue weighted by atomic mass is 9.91. The standard InChI is InChI=1S/C17H27NOS/c1-17(2,3)20-14-11-7-6-10-13(14)15(18)16(19)12-8-4-5-9-12/h6-7,10-12,15-16,19H,4-5,8-9,18H2,1-3H3/t15-,16+/m1/s1. The van der Waals surface area contributed by atoms with Gasteiger partial charge in [0.15, 0.2) is 0 Å². The fraction of sp³-hybridized carbons (Fsp3) is 0.647. The van der Waals surface area contributed by atoms with Crippen LogP contribution in [0.3, 0.4) is 0 Å². The predicted molar refractivity (Wildman–Crippen MR) is 86.9 cm³/mol. The molecule has 0 unspecified atom stereocenters.